The van der Waals surface area contributed by atoms with Gasteiger partial charge in [0.25, 0.3) is 0 Å². The lowest BCUT2D eigenvalue weighted by Gasteiger charge is -1.92. The van der Waals surface area contributed by atoms with E-state index >= 15 is 0 Å². The molecule has 0 saturated heterocycles. The summed E-state index contributed by atoms with van der Waals surface area (Å²) < 4.78 is 0. The van der Waals surface area contributed by atoms with Crippen molar-refractivity contribution in [3.05, 3.63) is 54.6 Å². The van der Waals surface area contributed by atoms with Crippen LogP contribution >= 0.6 is 0 Å². The third-order valence-electron chi connectivity index (χ3n) is 2.09. The molecule has 2 aromatic rings. The van der Waals surface area contributed by atoms with E-state index in [1.165, 1.54) is 0 Å². The Bertz CT molecular complexity index is 640. The molecule has 5 N–H and O–H groups in total. The van der Waals surface area contributed by atoms with Gasteiger partial charge in [0.2, 0.25) is 0 Å². The molecule has 8 nitrogen and oxygen atoms in total. The summed E-state index contributed by atoms with van der Waals surface area (Å²) in [6.07, 6.45) is 0. The fourth-order valence-electron chi connectivity index (χ4n) is 1.33. The van der Waals surface area contributed by atoms with Crippen molar-refractivity contribution < 1.29 is 31.0 Å². The molecule has 0 unspecified atom stereocenters. The molecule has 0 aliphatic rings. The van der Waals surface area contributed by atoms with Crippen LogP contribution in [0.25, 0.3) is 0 Å². The molecule has 0 aromatic heterocycles. The third kappa shape index (κ3) is 13.9. The Morgan fingerprint density at radius 1 is 0.958 bits per heavy atom. The van der Waals surface area contributed by atoms with Crippen molar-refractivity contribution >= 4 is 29.0 Å². The molecule has 0 aliphatic carbocycles. The van der Waals surface area contributed by atoms with Crippen molar-refractivity contribution in [3.63, 3.8) is 0 Å². The summed E-state index contributed by atoms with van der Waals surface area (Å²) in [4.78, 5) is 17.8. The number of hydrogen-bond donors (Lipinski definition) is 2. The summed E-state index contributed by atoms with van der Waals surface area (Å²) >= 11 is 0. The normalized spacial score (nSPS) is 9.29. The van der Waals surface area contributed by atoms with E-state index in [1.54, 1.807) is 5.43 Å². The van der Waals surface area contributed by atoms with E-state index in [0.717, 1.165) is 30.9 Å². The molecular weight excluding hydrogens is 312 g/mol. The SMILES string of the molecule is CC(=O)[O-].CC(=O)[O-].[NH3+]c1cccc([NH2+]N=Nc2ccccc2)c1. The number of aliphatic carboxylic acids is 2. The summed E-state index contributed by atoms with van der Waals surface area (Å²) in [5.74, 6) is -2.17. The first kappa shape index (κ1) is 20.9. The quantitative estimate of drug-likeness (QED) is 0.319. The highest BCUT2D eigenvalue weighted by Gasteiger charge is 1.97. The third-order valence-corrected chi connectivity index (χ3v) is 2.09. The summed E-state index contributed by atoms with van der Waals surface area (Å²) in [6.45, 7) is 1.94. The highest BCUT2D eigenvalue weighted by Crippen LogP contribution is 2.09. The van der Waals surface area contributed by atoms with E-state index < -0.39 is 11.9 Å². The van der Waals surface area contributed by atoms with Crippen molar-refractivity contribution in [2.45, 2.75) is 13.8 Å². The zero-order valence-corrected chi connectivity index (χ0v) is 13.5. The number of carboxylic acid groups (broad SMARTS) is 2. The van der Waals surface area contributed by atoms with Crippen LogP contribution in [0.15, 0.2) is 64.9 Å². The molecule has 0 bridgehead atoms. The molecule has 0 heterocycles. The molecule has 2 rings (SSSR count). The molecule has 0 fully saturated rings. The van der Waals surface area contributed by atoms with Crippen molar-refractivity contribution in [2.75, 3.05) is 0 Å². The maximum absolute atomic E-state index is 8.89. The topological polar surface area (TPSA) is 149 Å². The smallest absolute Gasteiger partial charge is 0.163 e. The standard InChI is InChI=1S/C12H12N4.2C2H4O2/c13-10-5-4-8-12(9-10)15-16-14-11-6-2-1-3-7-11;2*1-2(3)4/h1-9H,13H2,(H,14,15);2*1H3,(H,3,4). The fourth-order valence-corrected chi connectivity index (χ4v) is 1.33. The maximum atomic E-state index is 8.89. The highest BCUT2D eigenvalue weighted by molar-refractivity contribution is 5.60. The van der Waals surface area contributed by atoms with Gasteiger partial charge in [0.05, 0.1) is 11.8 Å². The Hall–Kier alpha value is -3.10. The van der Waals surface area contributed by atoms with Gasteiger partial charge in [-0.3, -0.25) is 0 Å². The van der Waals surface area contributed by atoms with Crippen LogP contribution < -0.4 is 21.4 Å². The molecule has 24 heavy (non-hydrogen) atoms. The van der Waals surface area contributed by atoms with Crippen molar-refractivity contribution in [3.8, 4) is 0 Å². The van der Waals surface area contributed by atoms with Crippen molar-refractivity contribution in [1.29, 1.82) is 0 Å². The van der Waals surface area contributed by atoms with E-state index in [4.69, 9.17) is 19.8 Å². The molecule has 0 radical (unpaired) electrons. The van der Waals surface area contributed by atoms with Crippen molar-refractivity contribution in [2.24, 2.45) is 10.3 Å². The second-order valence-corrected chi connectivity index (χ2v) is 4.41. The number of benzene rings is 2. The number of nitrogens with two attached hydrogens (primary N) is 1. The van der Waals surface area contributed by atoms with Gasteiger partial charge in [0.15, 0.2) is 5.69 Å². The molecular formula is C16H20N4O4. The van der Waals surface area contributed by atoms with Gasteiger partial charge in [0.1, 0.15) is 5.69 Å². The Morgan fingerprint density at radius 2 is 1.50 bits per heavy atom. The average Bonchev–Trinajstić information content (AvgIpc) is 2.47. The zero-order chi connectivity index (χ0) is 18.4. The molecule has 0 amide bonds. The molecule has 8 heteroatoms. The second-order valence-electron chi connectivity index (χ2n) is 4.41. The zero-order valence-electron chi connectivity index (χ0n) is 13.5. The summed E-state index contributed by atoms with van der Waals surface area (Å²) in [5.41, 5.74) is 8.41. The number of quaternary nitrogens is 2. The monoisotopic (exact) mass is 332 g/mol. The van der Waals surface area contributed by atoms with Crippen LogP contribution in [-0.2, 0) is 9.59 Å². The van der Waals surface area contributed by atoms with Gasteiger partial charge in [-0.15, -0.1) is 5.11 Å². The van der Waals surface area contributed by atoms with E-state index in [2.05, 4.69) is 16.1 Å². The maximum Gasteiger partial charge on any atom is 0.163 e. The molecule has 0 saturated carbocycles. The van der Waals surface area contributed by atoms with E-state index in [9.17, 15) is 0 Å². The number of hydrogen-bond acceptors (Lipinski definition) is 6. The molecule has 128 valence electrons. The fraction of sp³-hybridized carbons (Fsp3) is 0.125. The average molecular weight is 332 g/mol. The Labute approximate surface area is 139 Å². The van der Waals surface area contributed by atoms with Gasteiger partial charge in [0, 0.05) is 23.2 Å². The predicted octanol–water partition coefficient (Wildman–Crippen LogP) is -1.03. The van der Waals surface area contributed by atoms with Crippen LogP contribution in [0.3, 0.4) is 0 Å². The van der Waals surface area contributed by atoms with Crippen LogP contribution in [-0.4, -0.2) is 11.9 Å². The lowest BCUT2D eigenvalue weighted by atomic mass is 10.3. The Balaban J connectivity index is 0.000000558. The van der Waals surface area contributed by atoms with Crippen molar-refractivity contribution in [1.82, 2.24) is 0 Å². The summed E-state index contributed by atoms with van der Waals surface area (Å²) in [6, 6.07) is 17.5. The summed E-state index contributed by atoms with van der Waals surface area (Å²) in [7, 11) is 0. The number of nitrogens with zero attached hydrogens (tertiary/aromatic N) is 2. The number of carbonyl (C=O) groups is 2. The van der Waals surface area contributed by atoms with Gasteiger partial charge in [-0.1, -0.05) is 24.3 Å². The molecule has 0 atom stereocenters. The lowest BCUT2D eigenvalue weighted by molar-refractivity contribution is -0.585. The molecule has 0 aliphatic heterocycles. The second kappa shape index (κ2) is 12.4. The van der Waals surface area contributed by atoms with E-state index in [-0.39, 0.29) is 0 Å². The number of carbonyl (C=O) groups excluding carboxylic acids is 2. The van der Waals surface area contributed by atoms with Crippen LogP contribution in [0.5, 0.6) is 0 Å². The number of rotatable bonds is 3. The van der Waals surface area contributed by atoms with Crippen LogP contribution in [0.4, 0.5) is 17.1 Å². The first-order valence-electron chi connectivity index (χ1n) is 6.87. The van der Waals surface area contributed by atoms with Gasteiger partial charge in [-0.05, 0) is 32.0 Å². The minimum absolute atomic E-state index is 0.851. The Kier molecular flexibility index (Phi) is 10.8. The van der Waals surface area contributed by atoms with E-state index in [0.29, 0.717) is 0 Å². The molecule has 0 spiro atoms. The first-order chi connectivity index (χ1) is 11.3. The van der Waals surface area contributed by atoms with Gasteiger partial charge < -0.3 is 25.5 Å². The lowest BCUT2D eigenvalue weighted by Crippen LogP contribution is -2.70. The highest BCUT2D eigenvalue weighted by atomic mass is 16.4. The van der Waals surface area contributed by atoms with Gasteiger partial charge in [-0.2, -0.15) is 5.43 Å². The van der Waals surface area contributed by atoms with Gasteiger partial charge in [-0.25, -0.2) is 0 Å². The molecule has 2 aromatic carbocycles. The minimum Gasteiger partial charge on any atom is -0.550 e. The summed E-state index contributed by atoms with van der Waals surface area (Å²) in [5, 5.41) is 25.9. The minimum atomic E-state index is -1.08. The van der Waals surface area contributed by atoms with Crippen LogP contribution in [0.1, 0.15) is 13.8 Å². The largest absolute Gasteiger partial charge is 0.550 e. The Morgan fingerprint density at radius 3 is 2.00 bits per heavy atom. The number of carboxylic acids is 2. The predicted molar refractivity (Wildman–Crippen MR) is 82.9 cm³/mol. The van der Waals surface area contributed by atoms with Crippen LogP contribution in [0.2, 0.25) is 0 Å². The van der Waals surface area contributed by atoms with Gasteiger partial charge >= 0.3 is 0 Å². The first-order valence-corrected chi connectivity index (χ1v) is 6.87. The van der Waals surface area contributed by atoms with E-state index in [1.807, 2.05) is 54.6 Å². The van der Waals surface area contributed by atoms with Crippen LogP contribution in [0, 0.1) is 0 Å².